The van der Waals surface area contributed by atoms with Gasteiger partial charge in [0.15, 0.2) is 12.3 Å². The zero-order valence-electron chi connectivity index (χ0n) is 25.7. The van der Waals surface area contributed by atoms with E-state index in [1.54, 1.807) is 4.90 Å². The molecule has 4 unspecified atom stereocenters. The van der Waals surface area contributed by atoms with Crippen molar-refractivity contribution < 1.29 is 65.2 Å². The molecule has 0 radical (unpaired) electrons. The Morgan fingerprint density at radius 2 is 1.04 bits per heavy atom. The lowest BCUT2D eigenvalue weighted by molar-refractivity contribution is 0.0444. The summed E-state index contributed by atoms with van der Waals surface area (Å²) in [7, 11) is -12.9. The van der Waals surface area contributed by atoms with Gasteiger partial charge in [-0.3, -0.25) is 41.3 Å². The molecule has 4 atom stereocenters. The Hall–Kier alpha value is -0.290. The number of β-amino-alcohol motifs (C(OH)–C–C–N with tert-alkyl or cyclic N) is 1. The smallest absolute Gasteiger partial charge is 0.269 e. The molecular formula is C22H46N4O15S5. The average Bonchev–Trinajstić information content (AvgIpc) is 2.92. The Balaban J connectivity index is 1.91. The van der Waals surface area contributed by atoms with Crippen LogP contribution in [0.25, 0.3) is 0 Å². The number of ether oxygens (including phenoxy) is 1. The molecule has 0 aromatic rings. The fourth-order valence-corrected chi connectivity index (χ4v) is 8.32. The van der Waals surface area contributed by atoms with Gasteiger partial charge >= 0.3 is 0 Å². The van der Waals surface area contributed by atoms with Crippen molar-refractivity contribution in [3.8, 4) is 0 Å². The first-order chi connectivity index (χ1) is 21.4. The minimum absolute atomic E-state index is 0.0146. The third-order valence-corrected chi connectivity index (χ3v) is 11.6. The third kappa shape index (κ3) is 18.5. The minimum Gasteiger partial charge on any atom is -0.391 e. The topological polar surface area (TPSA) is 247 Å². The molecule has 2 rings (SSSR count). The van der Waals surface area contributed by atoms with E-state index in [1.165, 1.54) is 7.11 Å². The van der Waals surface area contributed by atoms with Gasteiger partial charge in [0.25, 0.3) is 30.4 Å². The molecule has 2 fully saturated rings. The number of nitrogens with zero attached hydrogens (tertiary/aromatic N) is 4. The summed E-state index contributed by atoms with van der Waals surface area (Å²) in [4.78, 5) is 7.64. The van der Waals surface area contributed by atoms with E-state index >= 15 is 0 Å². The maximum Gasteiger partial charge on any atom is 0.269 e. The Kier molecular flexibility index (Phi) is 18.0. The monoisotopic (exact) mass is 766 g/mol. The van der Waals surface area contributed by atoms with E-state index in [-0.39, 0.29) is 25.4 Å². The van der Waals surface area contributed by atoms with Crippen molar-refractivity contribution in [1.82, 2.24) is 19.6 Å². The number of hydrogen-bond acceptors (Lipinski definition) is 18. The first-order valence-corrected chi connectivity index (χ1v) is 21.1. The number of aliphatic hydroxyl groups is 1. The van der Waals surface area contributed by atoms with Gasteiger partial charge < -0.3 is 9.84 Å². The number of rotatable bonds is 22. The van der Waals surface area contributed by atoms with Gasteiger partial charge in [0, 0.05) is 85.6 Å². The summed E-state index contributed by atoms with van der Waals surface area (Å²) in [6, 6.07) is 0. The summed E-state index contributed by atoms with van der Waals surface area (Å²) in [5.41, 5.74) is 0. The van der Waals surface area contributed by atoms with Gasteiger partial charge in [-0.2, -0.15) is 25.3 Å². The maximum atomic E-state index is 12.2. The molecule has 0 aromatic heterocycles. The van der Waals surface area contributed by atoms with Crippen LogP contribution in [0.5, 0.6) is 0 Å². The molecule has 24 heteroatoms. The lowest BCUT2D eigenvalue weighted by Gasteiger charge is -2.37. The second kappa shape index (κ2) is 19.8. The van der Waals surface area contributed by atoms with Crippen LogP contribution in [0.3, 0.4) is 0 Å². The van der Waals surface area contributed by atoms with Crippen molar-refractivity contribution >= 4 is 53.4 Å². The molecule has 274 valence electrons. The Morgan fingerprint density at radius 3 is 1.41 bits per heavy atom. The van der Waals surface area contributed by atoms with Crippen LogP contribution in [0.15, 0.2) is 0 Å². The van der Waals surface area contributed by atoms with Crippen LogP contribution in [0.2, 0.25) is 0 Å². The van der Waals surface area contributed by atoms with Crippen LogP contribution in [0, 0.1) is 0 Å². The van der Waals surface area contributed by atoms with Gasteiger partial charge in [-0.1, -0.05) is 0 Å². The fraction of sp³-hybridized carbons (Fsp3) is 1.00. The number of aliphatic hydroxyl groups excluding tert-OH is 1. The molecule has 0 amide bonds. The zero-order chi connectivity index (χ0) is 34.5. The summed E-state index contributed by atoms with van der Waals surface area (Å²) in [5, 5.41) is 9.89. The Bertz CT molecular complexity index is 1290. The highest BCUT2D eigenvalue weighted by Gasteiger charge is 2.29. The molecule has 0 aromatic carbocycles. The lowest BCUT2D eigenvalue weighted by atomic mass is 10.2. The van der Waals surface area contributed by atoms with Crippen LogP contribution in [0.4, 0.5) is 0 Å². The molecule has 0 bridgehead atoms. The molecule has 19 nitrogen and oxygen atoms in total. The van der Waals surface area contributed by atoms with Gasteiger partial charge in [0.2, 0.25) is 0 Å². The number of methoxy groups -OCH3 is 1. The van der Waals surface area contributed by atoms with E-state index in [4.69, 9.17) is 17.7 Å². The van der Waals surface area contributed by atoms with Crippen LogP contribution < -0.4 is 0 Å². The van der Waals surface area contributed by atoms with Crippen molar-refractivity contribution in [2.24, 2.45) is 0 Å². The molecular weight excluding hydrogens is 721 g/mol. The molecule has 0 spiro atoms. The van der Waals surface area contributed by atoms with E-state index in [0.717, 1.165) is 7.11 Å². The maximum absolute atomic E-state index is 12.2. The number of hydrogen-bond donors (Lipinski definition) is 4. The predicted molar refractivity (Wildman–Crippen MR) is 169 cm³/mol. The van der Waals surface area contributed by atoms with Gasteiger partial charge in [0.05, 0.1) is 25.1 Å². The Labute approximate surface area is 277 Å². The van der Waals surface area contributed by atoms with E-state index in [1.807, 2.05) is 14.7 Å². The first-order valence-electron chi connectivity index (χ1n) is 14.3. The average molecular weight is 767 g/mol. The van der Waals surface area contributed by atoms with Crippen molar-refractivity contribution in [1.29, 1.82) is 0 Å². The van der Waals surface area contributed by atoms with Crippen molar-refractivity contribution in [3.05, 3.63) is 0 Å². The van der Waals surface area contributed by atoms with Gasteiger partial charge in [0.1, 0.15) is 40.2 Å². The van der Waals surface area contributed by atoms with E-state index in [0.29, 0.717) is 71.2 Å². The molecule has 2 heterocycles. The first kappa shape index (κ1) is 41.9. The number of thiol groups is 1. The molecule has 46 heavy (non-hydrogen) atoms. The highest BCUT2D eigenvalue weighted by Crippen LogP contribution is 2.19. The summed E-state index contributed by atoms with van der Waals surface area (Å²) in [5.74, 6) is -2.16. The minimum atomic E-state index is -4.46. The molecule has 0 aliphatic carbocycles. The van der Waals surface area contributed by atoms with Gasteiger partial charge in [-0.15, -0.1) is 0 Å². The van der Waals surface area contributed by atoms with E-state index in [2.05, 4.69) is 4.18 Å². The van der Waals surface area contributed by atoms with Gasteiger partial charge in [-0.25, -0.2) is 8.42 Å². The van der Waals surface area contributed by atoms with Crippen molar-refractivity contribution in [2.75, 3.05) is 116 Å². The second-order valence-corrected chi connectivity index (χ2v) is 17.4. The summed E-state index contributed by atoms with van der Waals surface area (Å²) in [6.07, 6.45) is -3.76. The lowest BCUT2D eigenvalue weighted by Crippen LogP contribution is -2.51. The highest BCUT2D eigenvalue weighted by atomic mass is 32.2. The summed E-state index contributed by atoms with van der Waals surface area (Å²) < 4.78 is 131. The van der Waals surface area contributed by atoms with Crippen LogP contribution in [-0.2, 0) is 58.3 Å². The predicted octanol–water partition coefficient (Wildman–Crippen LogP) is -3.71. The van der Waals surface area contributed by atoms with Crippen LogP contribution in [-0.4, -0.2) is 208 Å². The van der Waals surface area contributed by atoms with E-state index in [9.17, 15) is 43.3 Å². The van der Waals surface area contributed by atoms with Crippen molar-refractivity contribution in [2.45, 2.75) is 24.4 Å². The second-order valence-electron chi connectivity index (χ2n) is 11.1. The SMILES string of the molecule is COC(CN1CCN(CC(CS(=O)(=O)OC)OSOC(CN2CCN(CC(O)CS(=O)(=O)O)CC2)CS(=O)(=O)O)CC1)C[SH](=O)=O. The highest BCUT2D eigenvalue weighted by molar-refractivity contribution is 7.90. The molecule has 2 aliphatic heterocycles. The Morgan fingerprint density at radius 1 is 0.652 bits per heavy atom. The van der Waals surface area contributed by atoms with Crippen LogP contribution >= 0.6 is 12.3 Å². The standard InChI is InChI=1S/C22H46N4O15S5/c1-38-20(15-43(28)29)12-24-7-9-26(10-8-24)14-22(18-46(36,37)39-2)41-42-40-21(17-45(33,34)35)13-25-5-3-23(4-6-25)11-19(27)16-44(30,31)32/h19-22,27,43H,3-18H2,1-2H3,(H,30,31,32)(H,33,34,35). The van der Waals surface area contributed by atoms with E-state index < -0.39 is 82.7 Å². The van der Waals surface area contributed by atoms with Crippen LogP contribution in [0.1, 0.15) is 0 Å². The molecule has 2 saturated heterocycles. The summed E-state index contributed by atoms with van der Waals surface area (Å²) in [6.45, 7) is 4.48. The fourth-order valence-electron chi connectivity index (χ4n) is 5.03. The van der Waals surface area contributed by atoms with Crippen molar-refractivity contribution in [3.63, 3.8) is 0 Å². The molecule has 0 saturated carbocycles. The third-order valence-electron chi connectivity index (χ3n) is 7.26. The zero-order valence-corrected chi connectivity index (χ0v) is 29.9. The van der Waals surface area contributed by atoms with Gasteiger partial charge in [-0.05, 0) is 0 Å². The number of piperazine rings is 2. The normalized spacial score (nSPS) is 21.3. The largest absolute Gasteiger partial charge is 0.391 e. The summed E-state index contributed by atoms with van der Waals surface area (Å²) >= 11 is 0.413. The quantitative estimate of drug-likeness (QED) is 0.0358. The molecule has 2 aliphatic rings. The molecule has 3 N–H and O–H groups in total.